The van der Waals surface area contributed by atoms with E-state index in [1.165, 1.54) is 0 Å². The molecule has 132 valence electrons. The van der Waals surface area contributed by atoms with E-state index in [0.29, 0.717) is 11.4 Å². The van der Waals surface area contributed by atoms with E-state index in [4.69, 9.17) is 4.74 Å². The minimum Gasteiger partial charge on any atom is -0.457 e. The summed E-state index contributed by atoms with van der Waals surface area (Å²) in [6.45, 7) is 0. The third-order valence-corrected chi connectivity index (χ3v) is 4.13. The van der Waals surface area contributed by atoms with Crippen LogP contribution in [0.5, 0.6) is 11.5 Å². The fourth-order valence-electron chi connectivity index (χ4n) is 2.85. The van der Waals surface area contributed by atoms with Crippen LogP contribution in [-0.2, 0) is 0 Å². The lowest BCUT2D eigenvalue weighted by molar-refractivity contribution is 0.262. The first kappa shape index (κ1) is 16.7. The molecule has 27 heavy (non-hydrogen) atoms. The van der Waals surface area contributed by atoms with Crippen LogP contribution in [0, 0.1) is 0 Å². The lowest BCUT2D eigenvalue weighted by Crippen LogP contribution is -2.19. The standard InChI is InChI=1S/C23H18N2O2/c26-23(25-22-12-6-8-17-7-4-5-11-21(17)22)24-18-13-15-20(16-14-18)27-19-9-2-1-3-10-19/h1-16H,(H2,24,25,26). The lowest BCUT2D eigenvalue weighted by Gasteiger charge is -2.11. The first-order valence-corrected chi connectivity index (χ1v) is 8.67. The molecule has 4 aromatic rings. The number of ether oxygens (including phenoxy) is 1. The number of anilines is 2. The maximum absolute atomic E-state index is 12.3. The van der Waals surface area contributed by atoms with Gasteiger partial charge in [0.05, 0.1) is 5.69 Å². The molecule has 0 saturated heterocycles. The van der Waals surface area contributed by atoms with Crippen molar-refractivity contribution in [3.63, 3.8) is 0 Å². The molecule has 0 fully saturated rings. The molecule has 4 rings (SSSR count). The predicted octanol–water partition coefficient (Wildman–Crippen LogP) is 6.28. The number of nitrogens with one attached hydrogen (secondary N) is 2. The molecular weight excluding hydrogens is 336 g/mol. The van der Waals surface area contributed by atoms with Crippen LogP contribution in [-0.4, -0.2) is 6.03 Å². The van der Waals surface area contributed by atoms with Crippen LogP contribution < -0.4 is 15.4 Å². The fourth-order valence-corrected chi connectivity index (χ4v) is 2.85. The number of urea groups is 1. The Labute approximate surface area is 157 Å². The van der Waals surface area contributed by atoms with Gasteiger partial charge in [0, 0.05) is 11.1 Å². The van der Waals surface area contributed by atoms with Crippen molar-refractivity contribution in [1.82, 2.24) is 0 Å². The van der Waals surface area contributed by atoms with Crippen molar-refractivity contribution in [1.29, 1.82) is 0 Å². The summed E-state index contributed by atoms with van der Waals surface area (Å²) in [5.41, 5.74) is 1.46. The van der Waals surface area contributed by atoms with E-state index in [0.717, 1.165) is 22.2 Å². The zero-order chi connectivity index (χ0) is 18.5. The highest BCUT2D eigenvalue weighted by atomic mass is 16.5. The molecule has 4 nitrogen and oxygen atoms in total. The normalized spacial score (nSPS) is 10.4. The van der Waals surface area contributed by atoms with Crippen molar-refractivity contribution < 1.29 is 9.53 Å². The summed E-state index contributed by atoms with van der Waals surface area (Å²) >= 11 is 0. The zero-order valence-corrected chi connectivity index (χ0v) is 14.6. The van der Waals surface area contributed by atoms with Crippen LogP contribution in [0.25, 0.3) is 10.8 Å². The van der Waals surface area contributed by atoms with Crippen LogP contribution in [0.1, 0.15) is 0 Å². The number of carbonyl (C=O) groups is 1. The number of hydrogen-bond acceptors (Lipinski definition) is 2. The average Bonchev–Trinajstić information content (AvgIpc) is 2.71. The maximum atomic E-state index is 12.3. The quantitative estimate of drug-likeness (QED) is 0.453. The Morgan fingerprint density at radius 1 is 0.630 bits per heavy atom. The Kier molecular flexibility index (Phi) is 4.70. The second-order valence-corrected chi connectivity index (χ2v) is 6.05. The molecule has 2 amide bonds. The van der Waals surface area contributed by atoms with Gasteiger partial charge >= 0.3 is 6.03 Å². The molecule has 0 atom stereocenters. The number of hydrogen-bond donors (Lipinski definition) is 2. The molecule has 0 aliphatic heterocycles. The Morgan fingerprint density at radius 3 is 2.11 bits per heavy atom. The molecule has 0 spiro atoms. The van der Waals surface area contributed by atoms with Crippen LogP contribution >= 0.6 is 0 Å². The van der Waals surface area contributed by atoms with Gasteiger partial charge in [0.15, 0.2) is 0 Å². The highest BCUT2D eigenvalue weighted by Gasteiger charge is 2.06. The summed E-state index contributed by atoms with van der Waals surface area (Å²) in [5, 5.41) is 7.83. The summed E-state index contributed by atoms with van der Waals surface area (Å²) < 4.78 is 5.75. The van der Waals surface area contributed by atoms with Gasteiger partial charge in [-0.1, -0.05) is 54.6 Å². The monoisotopic (exact) mass is 354 g/mol. The van der Waals surface area contributed by atoms with Gasteiger partial charge in [-0.15, -0.1) is 0 Å². The summed E-state index contributed by atoms with van der Waals surface area (Å²) in [5.74, 6) is 1.48. The molecule has 0 unspecified atom stereocenters. The smallest absolute Gasteiger partial charge is 0.323 e. The molecule has 0 aliphatic rings. The maximum Gasteiger partial charge on any atom is 0.323 e. The molecule has 0 radical (unpaired) electrons. The highest BCUT2D eigenvalue weighted by molar-refractivity contribution is 6.06. The van der Waals surface area contributed by atoms with Crippen molar-refractivity contribution >= 4 is 28.2 Å². The van der Waals surface area contributed by atoms with Crippen molar-refractivity contribution in [3.05, 3.63) is 97.1 Å². The molecule has 0 aromatic heterocycles. The van der Waals surface area contributed by atoms with E-state index >= 15 is 0 Å². The lowest BCUT2D eigenvalue weighted by atomic mass is 10.1. The molecule has 2 N–H and O–H groups in total. The first-order valence-electron chi connectivity index (χ1n) is 8.67. The Hall–Kier alpha value is -3.79. The van der Waals surface area contributed by atoms with Crippen molar-refractivity contribution in [2.24, 2.45) is 0 Å². The van der Waals surface area contributed by atoms with E-state index in [1.807, 2.05) is 84.9 Å². The van der Waals surface area contributed by atoms with Crippen LogP contribution in [0.4, 0.5) is 16.2 Å². The molecule has 0 heterocycles. The summed E-state index contributed by atoms with van der Waals surface area (Å²) in [7, 11) is 0. The van der Waals surface area contributed by atoms with E-state index < -0.39 is 0 Å². The largest absolute Gasteiger partial charge is 0.457 e. The molecule has 4 heteroatoms. The van der Waals surface area contributed by atoms with Crippen molar-refractivity contribution in [2.45, 2.75) is 0 Å². The van der Waals surface area contributed by atoms with Gasteiger partial charge in [-0.2, -0.15) is 0 Å². The molecule has 0 aliphatic carbocycles. The number of amides is 2. The third-order valence-electron chi connectivity index (χ3n) is 4.13. The van der Waals surface area contributed by atoms with Crippen LogP contribution in [0.2, 0.25) is 0 Å². The second-order valence-electron chi connectivity index (χ2n) is 6.05. The average molecular weight is 354 g/mol. The Balaban J connectivity index is 1.42. The number of carbonyl (C=O) groups excluding carboxylic acids is 1. The second kappa shape index (κ2) is 7.62. The van der Waals surface area contributed by atoms with Crippen LogP contribution in [0.3, 0.4) is 0 Å². The summed E-state index contributed by atoms with van der Waals surface area (Å²) in [4.78, 5) is 12.3. The third kappa shape index (κ3) is 4.07. The molecular formula is C23H18N2O2. The Bertz CT molecular complexity index is 1060. The predicted molar refractivity (Wildman–Crippen MR) is 110 cm³/mol. The topological polar surface area (TPSA) is 50.4 Å². The number of benzene rings is 4. The minimum absolute atomic E-state index is 0.289. The molecule has 0 saturated carbocycles. The SMILES string of the molecule is O=C(Nc1ccc(Oc2ccccc2)cc1)Nc1cccc2ccccc12. The molecule has 4 aromatic carbocycles. The van der Waals surface area contributed by atoms with E-state index in [9.17, 15) is 4.79 Å². The van der Waals surface area contributed by atoms with E-state index in [1.54, 1.807) is 12.1 Å². The van der Waals surface area contributed by atoms with Crippen LogP contribution in [0.15, 0.2) is 97.1 Å². The highest BCUT2D eigenvalue weighted by Crippen LogP contribution is 2.24. The van der Waals surface area contributed by atoms with Crippen molar-refractivity contribution in [2.75, 3.05) is 10.6 Å². The van der Waals surface area contributed by atoms with E-state index in [-0.39, 0.29) is 6.03 Å². The summed E-state index contributed by atoms with van der Waals surface area (Å²) in [6.07, 6.45) is 0. The number of para-hydroxylation sites is 1. The van der Waals surface area contributed by atoms with Gasteiger partial charge in [-0.25, -0.2) is 4.79 Å². The van der Waals surface area contributed by atoms with Gasteiger partial charge in [-0.05, 0) is 47.9 Å². The van der Waals surface area contributed by atoms with Gasteiger partial charge < -0.3 is 15.4 Å². The number of rotatable bonds is 4. The van der Waals surface area contributed by atoms with Gasteiger partial charge in [0.25, 0.3) is 0 Å². The minimum atomic E-state index is -0.289. The van der Waals surface area contributed by atoms with Crippen molar-refractivity contribution in [3.8, 4) is 11.5 Å². The number of fused-ring (bicyclic) bond motifs is 1. The zero-order valence-electron chi connectivity index (χ0n) is 14.6. The Morgan fingerprint density at radius 2 is 1.30 bits per heavy atom. The fraction of sp³-hybridized carbons (Fsp3) is 0. The first-order chi connectivity index (χ1) is 13.3. The van der Waals surface area contributed by atoms with E-state index in [2.05, 4.69) is 10.6 Å². The van der Waals surface area contributed by atoms with Gasteiger partial charge in [0.1, 0.15) is 11.5 Å². The van der Waals surface area contributed by atoms with Gasteiger partial charge in [-0.3, -0.25) is 0 Å². The summed E-state index contributed by atoms with van der Waals surface area (Å²) in [6, 6.07) is 30.3. The molecule has 0 bridgehead atoms. The van der Waals surface area contributed by atoms with Gasteiger partial charge in [0.2, 0.25) is 0 Å².